The second-order valence-corrected chi connectivity index (χ2v) is 6.95. The van der Waals surface area contributed by atoms with Gasteiger partial charge < -0.3 is 23.6 Å². The van der Waals surface area contributed by atoms with Crippen LogP contribution >= 0.6 is 23.2 Å². The molecule has 8 heteroatoms. The van der Waals surface area contributed by atoms with E-state index in [9.17, 15) is 0 Å². The van der Waals surface area contributed by atoms with Crippen molar-refractivity contribution in [1.82, 2.24) is 5.16 Å². The van der Waals surface area contributed by atoms with Crippen LogP contribution in [-0.2, 0) is 14.2 Å². The topological polar surface area (TPSA) is 57.0 Å². The molecule has 0 spiro atoms. The molecule has 2 atom stereocenters. The summed E-state index contributed by atoms with van der Waals surface area (Å²) in [6.45, 7) is 6.62. The third-order valence-corrected chi connectivity index (χ3v) is 4.90. The van der Waals surface area contributed by atoms with Crippen molar-refractivity contribution < 1.29 is 18.7 Å². The summed E-state index contributed by atoms with van der Waals surface area (Å²) in [6.07, 6.45) is -0.282. The zero-order chi connectivity index (χ0) is 16.8. The molecule has 0 bridgehead atoms. The van der Waals surface area contributed by atoms with E-state index in [4.69, 9.17) is 41.9 Å². The predicted molar refractivity (Wildman–Crippen MR) is 90.9 cm³/mol. The van der Waals surface area contributed by atoms with Gasteiger partial charge >= 0.3 is 0 Å². The Labute approximate surface area is 149 Å². The molecular formula is C16H18Cl2N2O4. The van der Waals surface area contributed by atoms with Crippen molar-refractivity contribution in [2.45, 2.75) is 32.3 Å². The Bertz CT molecular complexity index is 750. The first-order valence-electron chi connectivity index (χ1n) is 7.95. The highest BCUT2D eigenvalue weighted by Crippen LogP contribution is 2.44. The lowest BCUT2D eigenvalue weighted by Gasteiger charge is -2.38. The lowest BCUT2D eigenvalue weighted by molar-refractivity contribution is -0.0443. The number of aromatic nitrogens is 1. The maximum absolute atomic E-state index is 6.68. The van der Waals surface area contributed by atoms with Gasteiger partial charge in [0.05, 0.1) is 36.5 Å². The summed E-state index contributed by atoms with van der Waals surface area (Å²) >= 11 is 12.8. The number of benzene rings is 1. The third kappa shape index (κ3) is 2.76. The summed E-state index contributed by atoms with van der Waals surface area (Å²) in [5.74, 6) is 0. The largest absolute Gasteiger partial charge is 0.372 e. The Morgan fingerprint density at radius 3 is 2.46 bits per heavy atom. The molecule has 0 saturated carbocycles. The normalized spacial score (nSPS) is 25.8. The summed E-state index contributed by atoms with van der Waals surface area (Å²) in [5.41, 5.74) is 2.16. The van der Waals surface area contributed by atoms with Crippen molar-refractivity contribution in [3.05, 3.63) is 21.8 Å². The monoisotopic (exact) mass is 372 g/mol. The number of halogens is 2. The number of anilines is 1. The van der Waals surface area contributed by atoms with Gasteiger partial charge in [-0.2, -0.15) is 0 Å². The van der Waals surface area contributed by atoms with Gasteiger partial charge in [0.2, 0.25) is 0 Å². The molecule has 4 rings (SSSR count). The zero-order valence-corrected chi connectivity index (χ0v) is 14.9. The predicted octanol–water partition coefficient (Wildman–Crippen LogP) is 3.79. The number of hydrogen-bond acceptors (Lipinski definition) is 6. The summed E-state index contributed by atoms with van der Waals surface area (Å²) in [4.78, 5) is 2.19. The van der Waals surface area contributed by atoms with Crippen LogP contribution in [0.15, 0.2) is 10.6 Å². The minimum Gasteiger partial charge on any atom is -0.372 e. The average Bonchev–Trinajstić information content (AvgIpc) is 3.16. The van der Waals surface area contributed by atoms with Crippen LogP contribution < -0.4 is 4.90 Å². The number of morpholine rings is 1. The summed E-state index contributed by atoms with van der Waals surface area (Å²) < 4.78 is 22.6. The second kappa shape index (κ2) is 6.35. The van der Waals surface area contributed by atoms with Gasteiger partial charge in [-0.3, -0.25) is 0 Å². The molecule has 2 fully saturated rings. The van der Waals surface area contributed by atoms with Gasteiger partial charge in [-0.25, -0.2) is 0 Å². The van der Waals surface area contributed by atoms with E-state index in [-0.39, 0.29) is 17.4 Å². The molecule has 3 heterocycles. The van der Waals surface area contributed by atoms with Crippen LogP contribution in [0.1, 0.15) is 25.7 Å². The summed E-state index contributed by atoms with van der Waals surface area (Å²) in [5, 5.41) is 5.24. The number of ether oxygens (including phenoxy) is 3. The van der Waals surface area contributed by atoms with E-state index in [1.165, 1.54) is 0 Å². The van der Waals surface area contributed by atoms with Crippen molar-refractivity contribution in [3.63, 3.8) is 0 Å². The van der Waals surface area contributed by atoms with Gasteiger partial charge in [-0.05, 0) is 19.9 Å². The molecule has 0 unspecified atom stereocenters. The van der Waals surface area contributed by atoms with Crippen LogP contribution in [0.5, 0.6) is 0 Å². The Hall–Kier alpha value is -1.05. The van der Waals surface area contributed by atoms with Crippen molar-refractivity contribution in [2.75, 3.05) is 31.2 Å². The van der Waals surface area contributed by atoms with Gasteiger partial charge in [-0.1, -0.05) is 28.4 Å². The molecule has 6 nitrogen and oxygen atoms in total. The van der Waals surface area contributed by atoms with E-state index in [0.29, 0.717) is 29.2 Å². The van der Waals surface area contributed by atoms with Crippen LogP contribution in [0.25, 0.3) is 11.0 Å². The van der Waals surface area contributed by atoms with E-state index in [1.54, 1.807) is 0 Å². The third-order valence-electron chi connectivity index (χ3n) is 4.28. The molecule has 1 aromatic heterocycles. The second-order valence-electron chi connectivity index (χ2n) is 6.21. The zero-order valence-electron chi connectivity index (χ0n) is 13.4. The standard InChI is InChI=1S/C16H18Cl2N2O4/c1-8-6-20(7-9(2)23-8)13-10(16-21-3-4-22-16)5-11-14(12(13)17)24-19-15(11)18/h5,8-9,16H,3-4,6-7H2,1-2H3/t8-,9-/m1/s1. The molecule has 2 aromatic rings. The highest BCUT2D eigenvalue weighted by Gasteiger charge is 2.32. The fourth-order valence-electron chi connectivity index (χ4n) is 3.42. The first-order valence-corrected chi connectivity index (χ1v) is 8.71. The maximum atomic E-state index is 6.68. The Morgan fingerprint density at radius 1 is 1.12 bits per heavy atom. The molecule has 0 radical (unpaired) electrons. The lowest BCUT2D eigenvalue weighted by Crippen LogP contribution is -2.46. The van der Waals surface area contributed by atoms with Crippen molar-refractivity contribution in [2.24, 2.45) is 0 Å². The summed E-state index contributed by atoms with van der Waals surface area (Å²) in [7, 11) is 0. The molecule has 24 heavy (non-hydrogen) atoms. The molecule has 130 valence electrons. The van der Waals surface area contributed by atoms with Crippen LogP contribution in [-0.4, -0.2) is 43.7 Å². The number of rotatable bonds is 2. The van der Waals surface area contributed by atoms with Crippen molar-refractivity contribution in [1.29, 1.82) is 0 Å². The average molecular weight is 373 g/mol. The van der Waals surface area contributed by atoms with Gasteiger partial charge in [0.15, 0.2) is 17.0 Å². The molecule has 0 N–H and O–H groups in total. The molecular weight excluding hydrogens is 355 g/mol. The smallest absolute Gasteiger partial charge is 0.189 e. The lowest BCUT2D eigenvalue weighted by atomic mass is 10.1. The molecule has 0 aliphatic carbocycles. The Kier molecular flexibility index (Phi) is 4.34. The van der Waals surface area contributed by atoms with Crippen LogP contribution in [0.4, 0.5) is 5.69 Å². The fourth-order valence-corrected chi connectivity index (χ4v) is 3.96. The maximum Gasteiger partial charge on any atom is 0.189 e. The Morgan fingerprint density at radius 2 is 1.79 bits per heavy atom. The highest BCUT2D eigenvalue weighted by molar-refractivity contribution is 6.40. The van der Waals surface area contributed by atoms with E-state index < -0.39 is 6.29 Å². The van der Waals surface area contributed by atoms with Crippen LogP contribution in [0.3, 0.4) is 0 Å². The molecule has 2 aliphatic rings. The minimum absolute atomic E-state index is 0.0945. The first kappa shape index (κ1) is 16.4. The number of nitrogens with zero attached hydrogens (tertiary/aromatic N) is 2. The van der Waals surface area contributed by atoms with Crippen LogP contribution in [0.2, 0.25) is 10.2 Å². The van der Waals surface area contributed by atoms with Crippen LogP contribution in [0, 0.1) is 0 Å². The van der Waals surface area contributed by atoms with Gasteiger partial charge in [0.1, 0.15) is 5.02 Å². The van der Waals surface area contributed by atoms with E-state index in [0.717, 1.165) is 24.3 Å². The molecule has 1 aromatic carbocycles. The molecule has 2 saturated heterocycles. The van der Waals surface area contributed by atoms with Gasteiger partial charge in [-0.15, -0.1) is 0 Å². The summed E-state index contributed by atoms with van der Waals surface area (Å²) in [6, 6.07) is 1.90. The van der Waals surface area contributed by atoms with E-state index in [1.807, 2.05) is 19.9 Å². The SMILES string of the molecule is C[C@@H]1CN(c2c(C3OCCO3)cc3c(Cl)noc3c2Cl)C[C@@H](C)O1. The van der Waals surface area contributed by atoms with Gasteiger partial charge in [0, 0.05) is 18.7 Å². The quantitative estimate of drug-likeness (QED) is 0.798. The van der Waals surface area contributed by atoms with E-state index >= 15 is 0 Å². The highest BCUT2D eigenvalue weighted by atomic mass is 35.5. The van der Waals surface area contributed by atoms with Gasteiger partial charge in [0.25, 0.3) is 0 Å². The van der Waals surface area contributed by atoms with Crippen molar-refractivity contribution >= 4 is 39.9 Å². The minimum atomic E-state index is -0.471. The molecule has 2 aliphatic heterocycles. The fraction of sp³-hybridized carbons (Fsp3) is 0.562. The number of hydrogen-bond donors (Lipinski definition) is 0. The number of fused-ring (bicyclic) bond motifs is 1. The van der Waals surface area contributed by atoms with Crippen molar-refractivity contribution in [3.8, 4) is 0 Å². The van der Waals surface area contributed by atoms with E-state index in [2.05, 4.69) is 10.1 Å². The first-order chi connectivity index (χ1) is 11.5. The Balaban J connectivity index is 1.87. The molecule has 0 amide bonds.